The summed E-state index contributed by atoms with van der Waals surface area (Å²) in [6, 6.07) is 14.4. The molecule has 1 amide bonds. The first-order valence-corrected chi connectivity index (χ1v) is 9.03. The fraction of sp³-hybridized carbons (Fsp3) is 0.0909. The molecule has 0 saturated heterocycles. The molecule has 0 fully saturated rings. The van der Waals surface area contributed by atoms with Gasteiger partial charge in [0.2, 0.25) is 5.89 Å². The van der Waals surface area contributed by atoms with Crippen molar-refractivity contribution in [2.45, 2.75) is 13.8 Å². The van der Waals surface area contributed by atoms with Gasteiger partial charge in [-0.1, -0.05) is 17.7 Å². The van der Waals surface area contributed by atoms with Crippen LogP contribution in [0.3, 0.4) is 0 Å². The molecule has 28 heavy (non-hydrogen) atoms. The molecule has 0 saturated carbocycles. The number of hydrogen-bond donors (Lipinski definition) is 1. The van der Waals surface area contributed by atoms with Crippen LogP contribution >= 0.6 is 11.6 Å². The molecule has 1 N–H and O–H groups in total. The van der Waals surface area contributed by atoms with E-state index in [1.54, 1.807) is 18.2 Å². The topological polar surface area (TPSA) is 55.1 Å². The van der Waals surface area contributed by atoms with Gasteiger partial charge in [-0.25, -0.2) is 9.37 Å². The molecule has 0 radical (unpaired) electrons. The van der Waals surface area contributed by atoms with Gasteiger partial charge in [-0.2, -0.15) is 0 Å². The summed E-state index contributed by atoms with van der Waals surface area (Å²) in [5.41, 5.74) is 5.00. The van der Waals surface area contributed by atoms with Gasteiger partial charge in [-0.15, -0.1) is 0 Å². The number of aryl methyl sites for hydroxylation is 2. The summed E-state index contributed by atoms with van der Waals surface area (Å²) < 4.78 is 19.0. The molecule has 0 aliphatic rings. The molecule has 0 unspecified atom stereocenters. The predicted octanol–water partition coefficient (Wildman–Crippen LogP) is 6.16. The van der Waals surface area contributed by atoms with Crippen molar-refractivity contribution in [1.82, 2.24) is 4.98 Å². The highest BCUT2D eigenvalue weighted by Crippen LogP contribution is 2.33. The lowest BCUT2D eigenvalue weighted by atomic mass is 10.1. The zero-order valence-electron chi connectivity index (χ0n) is 15.2. The van der Waals surface area contributed by atoms with E-state index >= 15 is 0 Å². The van der Waals surface area contributed by atoms with E-state index in [0.717, 1.165) is 16.6 Å². The Morgan fingerprint density at radius 1 is 1.07 bits per heavy atom. The Hall–Kier alpha value is -3.18. The van der Waals surface area contributed by atoms with Crippen molar-refractivity contribution in [3.8, 4) is 11.5 Å². The molecule has 4 nitrogen and oxygen atoms in total. The molecule has 0 aliphatic heterocycles. The molecule has 6 heteroatoms. The molecule has 0 atom stereocenters. The van der Waals surface area contributed by atoms with Crippen LogP contribution in [0.1, 0.15) is 21.5 Å². The number of anilines is 1. The Bertz CT molecular complexity index is 1200. The van der Waals surface area contributed by atoms with E-state index in [0.29, 0.717) is 33.3 Å². The van der Waals surface area contributed by atoms with Crippen LogP contribution in [-0.4, -0.2) is 10.9 Å². The lowest BCUT2D eigenvalue weighted by Crippen LogP contribution is -2.11. The second kappa shape index (κ2) is 7.09. The lowest BCUT2D eigenvalue weighted by molar-refractivity contribution is 0.102. The highest BCUT2D eigenvalue weighted by molar-refractivity contribution is 6.33. The van der Waals surface area contributed by atoms with Crippen LogP contribution in [-0.2, 0) is 0 Å². The Morgan fingerprint density at radius 3 is 2.57 bits per heavy atom. The zero-order chi connectivity index (χ0) is 19.8. The van der Waals surface area contributed by atoms with Crippen molar-refractivity contribution >= 4 is 34.3 Å². The number of amides is 1. The monoisotopic (exact) mass is 394 g/mol. The minimum atomic E-state index is -0.396. The molecule has 0 bridgehead atoms. The van der Waals surface area contributed by atoms with E-state index in [9.17, 15) is 9.18 Å². The molecule has 0 aliphatic carbocycles. The average molecular weight is 395 g/mol. The van der Waals surface area contributed by atoms with Crippen molar-refractivity contribution < 1.29 is 13.6 Å². The second-order valence-corrected chi connectivity index (χ2v) is 7.01. The van der Waals surface area contributed by atoms with Gasteiger partial charge in [-0.3, -0.25) is 4.79 Å². The first kappa shape index (κ1) is 18.2. The smallest absolute Gasteiger partial charge is 0.255 e. The van der Waals surface area contributed by atoms with Gasteiger partial charge in [0.05, 0.1) is 10.6 Å². The summed E-state index contributed by atoms with van der Waals surface area (Å²) in [6.45, 7) is 3.96. The van der Waals surface area contributed by atoms with E-state index < -0.39 is 5.82 Å². The Labute approximate surface area is 166 Å². The quantitative estimate of drug-likeness (QED) is 0.453. The Morgan fingerprint density at radius 2 is 1.82 bits per heavy atom. The number of oxazole rings is 1. The lowest BCUT2D eigenvalue weighted by Gasteiger charge is -2.08. The highest BCUT2D eigenvalue weighted by Gasteiger charge is 2.15. The van der Waals surface area contributed by atoms with Crippen LogP contribution in [0, 0.1) is 19.7 Å². The highest BCUT2D eigenvalue weighted by atomic mass is 35.5. The predicted molar refractivity (Wildman–Crippen MR) is 108 cm³/mol. The van der Waals surface area contributed by atoms with E-state index in [1.165, 1.54) is 24.3 Å². The maximum Gasteiger partial charge on any atom is 0.255 e. The third kappa shape index (κ3) is 3.49. The van der Waals surface area contributed by atoms with Gasteiger partial charge in [0.15, 0.2) is 5.58 Å². The van der Waals surface area contributed by atoms with Gasteiger partial charge >= 0.3 is 0 Å². The molecule has 4 rings (SSSR count). The third-order valence-corrected chi connectivity index (χ3v) is 4.71. The fourth-order valence-electron chi connectivity index (χ4n) is 3.06. The molecule has 140 valence electrons. The van der Waals surface area contributed by atoms with Gasteiger partial charge in [-0.05, 0) is 73.5 Å². The average Bonchev–Trinajstić information content (AvgIpc) is 3.08. The second-order valence-electron chi connectivity index (χ2n) is 6.60. The number of carbonyl (C=O) groups excluding carboxylic acids is 1. The summed E-state index contributed by atoms with van der Waals surface area (Å²) in [5.74, 6) is -0.365. The molecule has 1 heterocycles. The number of carbonyl (C=O) groups is 1. The van der Waals surface area contributed by atoms with Crippen LogP contribution in [0.25, 0.3) is 22.6 Å². The maximum absolute atomic E-state index is 13.0. The normalized spacial score (nSPS) is 11.0. The van der Waals surface area contributed by atoms with Crippen molar-refractivity contribution in [3.63, 3.8) is 0 Å². The molecular formula is C22H16ClFN2O2. The Kier molecular flexibility index (Phi) is 4.61. The van der Waals surface area contributed by atoms with E-state index in [1.807, 2.05) is 26.0 Å². The zero-order valence-corrected chi connectivity index (χ0v) is 16.0. The number of fused-ring (bicyclic) bond motifs is 1. The minimum Gasteiger partial charge on any atom is -0.436 e. The third-order valence-electron chi connectivity index (χ3n) is 4.38. The van der Waals surface area contributed by atoms with Gasteiger partial charge in [0.25, 0.3) is 5.91 Å². The molecule has 0 spiro atoms. The number of halogens is 2. The minimum absolute atomic E-state index is 0.350. The van der Waals surface area contributed by atoms with Crippen molar-refractivity contribution in [2.24, 2.45) is 0 Å². The maximum atomic E-state index is 13.0. The Balaban J connectivity index is 1.68. The van der Waals surface area contributed by atoms with E-state index in [2.05, 4.69) is 10.3 Å². The first-order chi connectivity index (χ1) is 13.4. The van der Waals surface area contributed by atoms with Crippen LogP contribution in [0.15, 0.2) is 59.0 Å². The number of aromatic nitrogens is 1. The van der Waals surface area contributed by atoms with Crippen LogP contribution in [0.5, 0.6) is 0 Å². The summed E-state index contributed by atoms with van der Waals surface area (Å²) in [7, 11) is 0. The summed E-state index contributed by atoms with van der Waals surface area (Å²) >= 11 is 6.35. The van der Waals surface area contributed by atoms with Crippen LogP contribution in [0.2, 0.25) is 5.02 Å². The van der Waals surface area contributed by atoms with Crippen molar-refractivity contribution in [3.05, 3.63) is 82.1 Å². The number of nitrogens with one attached hydrogen (secondary N) is 1. The van der Waals surface area contributed by atoms with E-state index in [4.69, 9.17) is 16.0 Å². The largest absolute Gasteiger partial charge is 0.436 e. The number of hydrogen-bond acceptors (Lipinski definition) is 3. The fourth-order valence-corrected chi connectivity index (χ4v) is 3.26. The number of rotatable bonds is 3. The molecule has 1 aromatic heterocycles. The van der Waals surface area contributed by atoms with Crippen LogP contribution in [0.4, 0.5) is 10.1 Å². The molecule has 4 aromatic rings. The summed E-state index contributed by atoms with van der Waals surface area (Å²) in [6.07, 6.45) is 0. The molecular weight excluding hydrogens is 379 g/mol. The summed E-state index contributed by atoms with van der Waals surface area (Å²) in [5, 5.41) is 3.24. The SMILES string of the molecule is Cc1cc(C)c2oc(-c3cc(NC(=O)c4ccc(F)cc4)ccc3Cl)nc2c1. The van der Waals surface area contributed by atoms with Gasteiger partial charge < -0.3 is 9.73 Å². The van der Waals surface area contributed by atoms with Crippen LogP contribution < -0.4 is 5.32 Å². The number of nitrogens with zero attached hydrogens (tertiary/aromatic N) is 1. The molecule has 3 aromatic carbocycles. The first-order valence-electron chi connectivity index (χ1n) is 8.65. The van der Waals surface area contributed by atoms with E-state index in [-0.39, 0.29) is 5.91 Å². The summed E-state index contributed by atoms with van der Waals surface area (Å²) in [4.78, 5) is 16.9. The number of benzene rings is 3. The van der Waals surface area contributed by atoms with Gasteiger partial charge in [0.1, 0.15) is 11.3 Å². The van der Waals surface area contributed by atoms with Crippen molar-refractivity contribution in [1.29, 1.82) is 0 Å². The van der Waals surface area contributed by atoms with Crippen molar-refractivity contribution in [2.75, 3.05) is 5.32 Å². The van der Waals surface area contributed by atoms with Gasteiger partial charge in [0, 0.05) is 11.3 Å². The standard InChI is InChI=1S/C22H16ClFN2O2/c1-12-9-13(2)20-19(10-12)26-22(28-20)17-11-16(7-8-18(17)23)25-21(27)14-3-5-15(24)6-4-14/h3-11H,1-2H3,(H,25,27).